The monoisotopic (exact) mass is 375 g/mol. The fourth-order valence-corrected chi connectivity index (χ4v) is 2.56. The van der Waals surface area contributed by atoms with Crippen LogP contribution in [0.4, 0.5) is 5.69 Å². The summed E-state index contributed by atoms with van der Waals surface area (Å²) in [6, 6.07) is 1.76. The Hall–Kier alpha value is -1.53. The first-order chi connectivity index (χ1) is 9.81. The maximum absolute atomic E-state index is 11.7. The van der Waals surface area contributed by atoms with Crippen molar-refractivity contribution in [3.8, 4) is 0 Å². The van der Waals surface area contributed by atoms with Gasteiger partial charge in [-0.3, -0.25) is 0 Å². The van der Waals surface area contributed by atoms with Gasteiger partial charge in [-0.15, -0.1) is 0 Å². The second kappa shape index (κ2) is 7.47. The van der Waals surface area contributed by atoms with Gasteiger partial charge in [0.05, 0.1) is 31.0 Å². The quantitative estimate of drug-likeness (QED) is 0.645. The number of halogens is 2. The molecule has 1 aromatic carbocycles. The number of nitrogens with one attached hydrogen (secondary N) is 1. The van der Waals surface area contributed by atoms with E-state index in [1.165, 1.54) is 14.2 Å². The predicted octanol–water partition coefficient (Wildman–Crippen LogP) is 3.36. The lowest BCUT2D eigenvalue weighted by Crippen LogP contribution is -2.16. The summed E-state index contributed by atoms with van der Waals surface area (Å²) in [5.74, 6) is -1.39. The molecule has 1 N–H and O–H groups in total. The lowest BCUT2D eigenvalue weighted by Gasteiger charge is -2.15. The highest BCUT2D eigenvalue weighted by atomic mass is 79.9. The molecule has 0 aliphatic rings. The van der Waals surface area contributed by atoms with E-state index in [-0.39, 0.29) is 5.70 Å². The molecule has 0 spiro atoms. The van der Waals surface area contributed by atoms with Gasteiger partial charge in [-0.25, -0.2) is 9.59 Å². The number of hydrogen-bond acceptors (Lipinski definition) is 5. The summed E-state index contributed by atoms with van der Waals surface area (Å²) in [7, 11) is 2.43. The van der Waals surface area contributed by atoms with Crippen LogP contribution in [-0.2, 0) is 19.1 Å². The van der Waals surface area contributed by atoms with Crippen molar-refractivity contribution in [3.05, 3.63) is 38.5 Å². The second-order valence-electron chi connectivity index (χ2n) is 4.19. The Bertz CT molecular complexity index is 613. The Morgan fingerprint density at radius 3 is 2.43 bits per heavy atom. The number of hydrogen-bond donors (Lipinski definition) is 1. The fraction of sp³-hybridized carbons (Fsp3) is 0.286. The minimum Gasteiger partial charge on any atom is -0.466 e. The van der Waals surface area contributed by atoms with E-state index in [2.05, 4.69) is 30.7 Å². The molecule has 0 atom stereocenters. The van der Waals surface area contributed by atoms with Crippen molar-refractivity contribution in [2.75, 3.05) is 19.5 Å². The summed E-state index contributed by atoms with van der Waals surface area (Å²) in [4.78, 5) is 23.1. The van der Waals surface area contributed by atoms with E-state index in [9.17, 15) is 9.59 Å². The molecule has 0 heterocycles. The van der Waals surface area contributed by atoms with Crippen molar-refractivity contribution in [1.82, 2.24) is 0 Å². The van der Waals surface area contributed by atoms with E-state index in [0.29, 0.717) is 15.2 Å². The molecule has 0 unspecified atom stereocenters. The third-order valence-corrected chi connectivity index (χ3v) is 4.14. The average Bonchev–Trinajstić information content (AvgIpc) is 2.46. The van der Waals surface area contributed by atoms with Gasteiger partial charge < -0.3 is 14.8 Å². The first-order valence-corrected chi connectivity index (χ1v) is 7.09. The highest BCUT2D eigenvalue weighted by Gasteiger charge is 2.17. The van der Waals surface area contributed by atoms with Crippen LogP contribution in [0.2, 0.25) is 5.02 Å². The highest BCUT2D eigenvalue weighted by molar-refractivity contribution is 9.10. The molecule has 7 heteroatoms. The summed E-state index contributed by atoms with van der Waals surface area (Å²) in [6.45, 7) is 3.82. The molecule has 0 saturated carbocycles. The number of ether oxygens (including phenoxy) is 2. The van der Waals surface area contributed by atoms with Crippen LogP contribution in [-0.4, -0.2) is 26.2 Å². The molecule has 0 radical (unpaired) electrons. The second-order valence-corrected chi connectivity index (χ2v) is 5.39. The summed E-state index contributed by atoms with van der Waals surface area (Å²) in [6.07, 6.45) is 1.00. The van der Waals surface area contributed by atoms with Crippen LogP contribution < -0.4 is 5.32 Å². The number of rotatable bonds is 4. The molecule has 5 nitrogen and oxygen atoms in total. The number of methoxy groups -OCH3 is 2. The topological polar surface area (TPSA) is 64.6 Å². The number of esters is 2. The molecular formula is C14H15BrClNO4. The molecule has 0 aliphatic heterocycles. The van der Waals surface area contributed by atoms with Gasteiger partial charge >= 0.3 is 11.9 Å². The van der Waals surface area contributed by atoms with E-state index < -0.39 is 11.9 Å². The molecule has 0 aromatic heterocycles. The molecule has 0 saturated heterocycles. The first kappa shape index (κ1) is 17.5. The maximum Gasteiger partial charge on any atom is 0.354 e. The normalized spacial score (nSPS) is 11.0. The van der Waals surface area contributed by atoms with Gasteiger partial charge in [0.15, 0.2) is 0 Å². The van der Waals surface area contributed by atoms with Crippen LogP contribution in [0.25, 0.3) is 0 Å². The Balaban J connectivity index is 3.28. The number of carbonyl (C=O) groups excluding carboxylic acids is 2. The molecule has 114 valence electrons. The van der Waals surface area contributed by atoms with Crippen LogP contribution in [0.5, 0.6) is 0 Å². The zero-order chi connectivity index (χ0) is 16.2. The Labute approximate surface area is 136 Å². The standard InChI is InChI=1S/C14H15BrClNO4/c1-7-5-9(16)13(12(15)8(7)2)17-10(14(19)21-4)6-11(18)20-3/h5-6,17H,1-4H3/b10-6+. The first-order valence-electron chi connectivity index (χ1n) is 5.92. The van der Waals surface area contributed by atoms with Crippen LogP contribution in [0, 0.1) is 13.8 Å². The van der Waals surface area contributed by atoms with Crippen LogP contribution in [0.15, 0.2) is 22.3 Å². The average molecular weight is 377 g/mol. The molecule has 1 aromatic rings. The molecule has 0 amide bonds. The van der Waals surface area contributed by atoms with Crippen molar-refractivity contribution in [2.24, 2.45) is 0 Å². The SMILES string of the molecule is COC(=O)/C=C(/Nc1c(Cl)cc(C)c(C)c1Br)C(=O)OC. The van der Waals surface area contributed by atoms with Crippen molar-refractivity contribution in [1.29, 1.82) is 0 Å². The van der Waals surface area contributed by atoms with Crippen molar-refractivity contribution < 1.29 is 19.1 Å². The molecule has 21 heavy (non-hydrogen) atoms. The number of carbonyl (C=O) groups is 2. The van der Waals surface area contributed by atoms with Gasteiger partial charge in [0.2, 0.25) is 0 Å². The summed E-state index contributed by atoms with van der Waals surface area (Å²) in [5, 5.41) is 3.21. The van der Waals surface area contributed by atoms with Gasteiger partial charge in [-0.05, 0) is 47.0 Å². The molecule has 0 fully saturated rings. The zero-order valence-electron chi connectivity index (χ0n) is 12.0. The minimum atomic E-state index is -0.707. The predicted molar refractivity (Wildman–Crippen MR) is 84.4 cm³/mol. The molecule has 0 bridgehead atoms. The van der Waals surface area contributed by atoms with E-state index in [1.54, 1.807) is 6.07 Å². The van der Waals surface area contributed by atoms with Gasteiger partial charge in [-0.1, -0.05) is 11.6 Å². The van der Waals surface area contributed by atoms with Gasteiger partial charge in [-0.2, -0.15) is 0 Å². The van der Waals surface area contributed by atoms with Crippen molar-refractivity contribution in [2.45, 2.75) is 13.8 Å². The number of anilines is 1. The van der Waals surface area contributed by atoms with Gasteiger partial charge in [0.1, 0.15) is 5.70 Å². The lowest BCUT2D eigenvalue weighted by atomic mass is 10.1. The Morgan fingerprint density at radius 1 is 1.29 bits per heavy atom. The van der Waals surface area contributed by atoms with Gasteiger partial charge in [0.25, 0.3) is 0 Å². The Morgan fingerprint density at radius 2 is 1.90 bits per heavy atom. The van der Waals surface area contributed by atoms with E-state index >= 15 is 0 Å². The zero-order valence-corrected chi connectivity index (χ0v) is 14.4. The summed E-state index contributed by atoms with van der Waals surface area (Å²) < 4.78 is 9.84. The minimum absolute atomic E-state index is 0.0739. The third-order valence-electron chi connectivity index (χ3n) is 2.85. The fourth-order valence-electron chi connectivity index (χ4n) is 1.52. The lowest BCUT2D eigenvalue weighted by molar-refractivity contribution is -0.138. The van der Waals surface area contributed by atoms with Crippen molar-refractivity contribution in [3.63, 3.8) is 0 Å². The number of aryl methyl sites for hydroxylation is 1. The van der Waals surface area contributed by atoms with Gasteiger partial charge in [0, 0.05) is 4.47 Å². The molecule has 1 rings (SSSR count). The summed E-state index contributed by atoms with van der Waals surface area (Å²) >= 11 is 9.60. The summed E-state index contributed by atoms with van der Waals surface area (Å²) in [5.41, 5.74) is 2.36. The largest absolute Gasteiger partial charge is 0.466 e. The number of benzene rings is 1. The van der Waals surface area contributed by atoms with Crippen molar-refractivity contribution >= 4 is 45.2 Å². The van der Waals surface area contributed by atoms with E-state index in [4.69, 9.17) is 11.6 Å². The third kappa shape index (κ3) is 4.22. The Kier molecular flexibility index (Phi) is 6.23. The smallest absolute Gasteiger partial charge is 0.354 e. The maximum atomic E-state index is 11.7. The molecular weight excluding hydrogens is 362 g/mol. The molecule has 0 aliphatic carbocycles. The van der Waals surface area contributed by atoms with E-state index in [0.717, 1.165) is 17.2 Å². The van der Waals surface area contributed by atoms with Crippen LogP contribution >= 0.6 is 27.5 Å². The highest BCUT2D eigenvalue weighted by Crippen LogP contribution is 2.36. The van der Waals surface area contributed by atoms with E-state index in [1.807, 2.05) is 13.8 Å². The van der Waals surface area contributed by atoms with Crippen LogP contribution in [0.3, 0.4) is 0 Å². The van der Waals surface area contributed by atoms with Crippen LogP contribution in [0.1, 0.15) is 11.1 Å².